The number of nitrogens with one attached hydrogen (secondary N) is 1. The van der Waals surface area contributed by atoms with Crippen molar-refractivity contribution in [1.29, 1.82) is 0 Å². The molecule has 17 heavy (non-hydrogen) atoms. The zero-order chi connectivity index (χ0) is 12.5. The first kappa shape index (κ1) is 11.4. The molecule has 0 amide bonds. The van der Waals surface area contributed by atoms with E-state index in [-0.39, 0.29) is 12.2 Å². The van der Waals surface area contributed by atoms with E-state index in [0.717, 1.165) is 0 Å². The first-order valence-electron chi connectivity index (χ1n) is 5.26. The molecule has 1 aliphatic carbocycles. The molecular formula is C11H12N2O4. The molecule has 0 spiro atoms. The predicted octanol–water partition coefficient (Wildman–Crippen LogP) is 1.87. The molecule has 0 aliphatic heterocycles. The van der Waals surface area contributed by atoms with Crippen LogP contribution in [0, 0.1) is 15.5 Å². The van der Waals surface area contributed by atoms with E-state index < -0.39 is 16.3 Å². The Bertz CT molecular complexity index is 468. The van der Waals surface area contributed by atoms with Gasteiger partial charge in [0.15, 0.2) is 0 Å². The third-order valence-corrected chi connectivity index (χ3v) is 3.03. The molecule has 1 fully saturated rings. The van der Waals surface area contributed by atoms with Gasteiger partial charge in [-0.3, -0.25) is 14.9 Å². The minimum absolute atomic E-state index is 0.0336. The van der Waals surface area contributed by atoms with Gasteiger partial charge in [-0.25, -0.2) is 0 Å². The van der Waals surface area contributed by atoms with Crippen LogP contribution >= 0.6 is 0 Å². The van der Waals surface area contributed by atoms with Crippen molar-refractivity contribution in [2.24, 2.45) is 5.41 Å². The highest BCUT2D eigenvalue weighted by atomic mass is 16.6. The van der Waals surface area contributed by atoms with Crippen molar-refractivity contribution >= 4 is 17.3 Å². The van der Waals surface area contributed by atoms with Crippen molar-refractivity contribution in [3.8, 4) is 0 Å². The number of carboxylic acids is 1. The largest absolute Gasteiger partial charge is 0.481 e. The summed E-state index contributed by atoms with van der Waals surface area (Å²) in [4.78, 5) is 21.2. The summed E-state index contributed by atoms with van der Waals surface area (Å²) in [5.41, 5.74) is -0.400. The fourth-order valence-electron chi connectivity index (χ4n) is 1.66. The number of carbonyl (C=O) groups is 1. The molecule has 1 aliphatic rings. The minimum atomic E-state index is -0.844. The molecule has 1 saturated carbocycles. The summed E-state index contributed by atoms with van der Waals surface area (Å²) in [6, 6.07) is 6.22. The molecule has 0 saturated heterocycles. The molecule has 1 aromatic rings. The van der Waals surface area contributed by atoms with Gasteiger partial charge in [-0.15, -0.1) is 0 Å². The van der Waals surface area contributed by atoms with Gasteiger partial charge in [0.05, 0.1) is 10.3 Å². The number of nitro groups is 1. The number of carboxylic acid groups (broad SMARTS) is 1. The molecule has 0 bridgehead atoms. The van der Waals surface area contributed by atoms with Gasteiger partial charge in [0.25, 0.3) is 5.69 Å². The van der Waals surface area contributed by atoms with E-state index >= 15 is 0 Å². The van der Waals surface area contributed by atoms with E-state index in [0.29, 0.717) is 18.5 Å². The maximum absolute atomic E-state index is 10.9. The SMILES string of the molecule is O=C(O)C1(CNc2ccccc2[N+](=O)[O-])CC1. The van der Waals surface area contributed by atoms with Crippen LogP contribution < -0.4 is 5.32 Å². The highest BCUT2D eigenvalue weighted by Crippen LogP contribution is 2.46. The van der Waals surface area contributed by atoms with Crippen LogP contribution in [0.4, 0.5) is 11.4 Å². The standard InChI is InChI=1S/C11H12N2O4/c14-10(15)11(5-6-11)7-12-8-3-1-2-4-9(8)13(16)17/h1-4,12H,5-7H2,(H,14,15). The average Bonchev–Trinajstić information content (AvgIpc) is 3.07. The normalized spacial score (nSPS) is 16.2. The van der Waals surface area contributed by atoms with E-state index in [2.05, 4.69) is 5.32 Å². The lowest BCUT2D eigenvalue weighted by molar-refractivity contribution is -0.384. The van der Waals surface area contributed by atoms with E-state index in [1.807, 2.05) is 0 Å². The average molecular weight is 236 g/mol. The van der Waals surface area contributed by atoms with Gasteiger partial charge >= 0.3 is 5.97 Å². The summed E-state index contributed by atoms with van der Waals surface area (Å²) in [6.07, 6.45) is 1.24. The number of hydrogen-bond donors (Lipinski definition) is 2. The van der Waals surface area contributed by atoms with Crippen LogP contribution in [-0.4, -0.2) is 22.5 Å². The number of nitro benzene ring substituents is 1. The van der Waals surface area contributed by atoms with Gasteiger partial charge in [0, 0.05) is 12.6 Å². The Hall–Kier alpha value is -2.11. The van der Waals surface area contributed by atoms with Gasteiger partial charge in [-0.2, -0.15) is 0 Å². The zero-order valence-corrected chi connectivity index (χ0v) is 9.05. The number of nitrogens with zero attached hydrogens (tertiary/aromatic N) is 1. The third-order valence-electron chi connectivity index (χ3n) is 3.03. The zero-order valence-electron chi connectivity index (χ0n) is 9.05. The van der Waals surface area contributed by atoms with Crippen molar-refractivity contribution in [3.05, 3.63) is 34.4 Å². The molecule has 6 nitrogen and oxygen atoms in total. The van der Waals surface area contributed by atoms with Gasteiger partial charge in [0.2, 0.25) is 0 Å². The fraction of sp³-hybridized carbons (Fsp3) is 0.364. The highest BCUT2D eigenvalue weighted by molar-refractivity contribution is 5.79. The number of hydrogen-bond acceptors (Lipinski definition) is 4. The molecule has 0 atom stereocenters. The van der Waals surface area contributed by atoms with Crippen molar-refractivity contribution in [2.75, 3.05) is 11.9 Å². The van der Waals surface area contributed by atoms with Crippen LogP contribution in [0.15, 0.2) is 24.3 Å². The van der Waals surface area contributed by atoms with Gasteiger partial charge in [-0.05, 0) is 18.9 Å². The van der Waals surface area contributed by atoms with Crippen LogP contribution in [0.1, 0.15) is 12.8 Å². The predicted molar refractivity (Wildman–Crippen MR) is 60.9 cm³/mol. The van der Waals surface area contributed by atoms with Crippen molar-refractivity contribution in [1.82, 2.24) is 0 Å². The summed E-state index contributed by atoms with van der Waals surface area (Å²) < 4.78 is 0. The number of anilines is 1. The van der Waals surface area contributed by atoms with Crippen LogP contribution in [0.5, 0.6) is 0 Å². The Morgan fingerprint density at radius 1 is 1.47 bits per heavy atom. The van der Waals surface area contributed by atoms with Gasteiger partial charge < -0.3 is 10.4 Å². The van der Waals surface area contributed by atoms with Crippen molar-refractivity contribution < 1.29 is 14.8 Å². The maximum atomic E-state index is 10.9. The summed E-state index contributed by atoms with van der Waals surface area (Å²) in [5, 5.41) is 22.6. The highest BCUT2D eigenvalue weighted by Gasteiger charge is 2.50. The van der Waals surface area contributed by atoms with E-state index in [1.165, 1.54) is 6.07 Å². The lowest BCUT2D eigenvalue weighted by Crippen LogP contribution is -2.24. The summed E-state index contributed by atoms with van der Waals surface area (Å²) in [6.45, 7) is 0.229. The first-order valence-corrected chi connectivity index (χ1v) is 5.26. The van der Waals surface area contributed by atoms with Gasteiger partial charge in [0.1, 0.15) is 5.69 Å². The minimum Gasteiger partial charge on any atom is -0.481 e. The molecule has 0 radical (unpaired) electrons. The molecule has 2 rings (SSSR count). The quantitative estimate of drug-likeness (QED) is 0.601. The Kier molecular flexibility index (Phi) is 2.71. The molecule has 0 unspecified atom stereocenters. The maximum Gasteiger partial charge on any atom is 0.311 e. The first-order chi connectivity index (χ1) is 8.05. The molecule has 1 aromatic carbocycles. The molecule has 2 N–H and O–H groups in total. The summed E-state index contributed by atoms with van der Waals surface area (Å²) in [7, 11) is 0. The molecule has 6 heteroatoms. The lowest BCUT2D eigenvalue weighted by atomic mass is 10.1. The monoisotopic (exact) mass is 236 g/mol. The van der Waals surface area contributed by atoms with Crippen molar-refractivity contribution in [2.45, 2.75) is 12.8 Å². The number of rotatable bonds is 5. The molecule has 90 valence electrons. The van der Waals surface area contributed by atoms with E-state index in [4.69, 9.17) is 5.11 Å². The van der Waals surface area contributed by atoms with Crippen LogP contribution in [0.25, 0.3) is 0 Å². The van der Waals surface area contributed by atoms with Crippen molar-refractivity contribution in [3.63, 3.8) is 0 Å². The number of para-hydroxylation sites is 2. The Morgan fingerprint density at radius 3 is 2.65 bits per heavy atom. The Labute approximate surface area is 97.4 Å². The van der Waals surface area contributed by atoms with Crippen LogP contribution in [0.3, 0.4) is 0 Å². The summed E-state index contributed by atoms with van der Waals surface area (Å²) >= 11 is 0. The third kappa shape index (κ3) is 2.20. The van der Waals surface area contributed by atoms with E-state index in [1.54, 1.807) is 18.2 Å². The second-order valence-electron chi connectivity index (χ2n) is 4.21. The van der Waals surface area contributed by atoms with Crippen LogP contribution in [-0.2, 0) is 4.79 Å². The Balaban J connectivity index is 2.09. The molecule has 0 heterocycles. The fourth-order valence-corrected chi connectivity index (χ4v) is 1.66. The second-order valence-corrected chi connectivity index (χ2v) is 4.21. The second kappa shape index (κ2) is 4.04. The topological polar surface area (TPSA) is 92.5 Å². The summed E-state index contributed by atoms with van der Waals surface area (Å²) in [5.74, 6) is -0.844. The van der Waals surface area contributed by atoms with E-state index in [9.17, 15) is 14.9 Å². The van der Waals surface area contributed by atoms with Gasteiger partial charge in [-0.1, -0.05) is 12.1 Å². The smallest absolute Gasteiger partial charge is 0.311 e. The van der Waals surface area contributed by atoms with Crippen LogP contribution in [0.2, 0.25) is 0 Å². The number of benzene rings is 1. The Morgan fingerprint density at radius 2 is 2.12 bits per heavy atom. The number of aliphatic carboxylic acids is 1. The molecule has 0 aromatic heterocycles. The lowest BCUT2D eigenvalue weighted by Gasteiger charge is -2.12. The molecular weight excluding hydrogens is 224 g/mol.